The second-order valence-electron chi connectivity index (χ2n) is 7.45. The maximum absolute atomic E-state index is 12.1. The van der Waals surface area contributed by atoms with E-state index in [1.807, 2.05) is 27.3 Å². The molecular formula is C15H28LiNO2. The van der Waals surface area contributed by atoms with Crippen molar-refractivity contribution in [3.8, 4) is 0 Å². The molecule has 4 heteroatoms. The Morgan fingerprint density at radius 1 is 1.21 bits per heavy atom. The number of carbonyl (C=O) groups excluding carboxylic acids is 1. The van der Waals surface area contributed by atoms with E-state index >= 15 is 0 Å². The van der Waals surface area contributed by atoms with Crippen LogP contribution in [0.4, 0.5) is 4.79 Å². The zero-order chi connectivity index (χ0) is 14.1. The van der Waals surface area contributed by atoms with Crippen LogP contribution in [0.1, 0.15) is 61.3 Å². The Balaban J connectivity index is 0.00000324. The fourth-order valence-corrected chi connectivity index (χ4v) is 2.32. The van der Waals surface area contributed by atoms with Crippen LogP contribution in [-0.2, 0) is 4.74 Å². The summed E-state index contributed by atoms with van der Waals surface area (Å²) in [7, 11) is 0. The van der Waals surface area contributed by atoms with Gasteiger partial charge in [-0.3, -0.25) is 0 Å². The van der Waals surface area contributed by atoms with Gasteiger partial charge in [0, 0.05) is 6.04 Å². The molecule has 0 saturated carbocycles. The Bertz CT molecular complexity index is 304. The first-order valence-corrected chi connectivity index (χ1v) is 6.85. The molecule has 0 N–H and O–H groups in total. The summed E-state index contributed by atoms with van der Waals surface area (Å²) < 4.78 is 5.42. The minimum absolute atomic E-state index is 0. The van der Waals surface area contributed by atoms with Gasteiger partial charge in [-0.1, -0.05) is 26.7 Å². The molecule has 1 aliphatic rings. The van der Waals surface area contributed by atoms with E-state index in [9.17, 15) is 4.79 Å². The molecule has 0 aromatic heterocycles. The predicted octanol–water partition coefficient (Wildman–Crippen LogP) is 1.23. The maximum atomic E-state index is 12.1. The number of likely N-dealkylation sites (tertiary alicyclic amines) is 1. The van der Waals surface area contributed by atoms with Crippen molar-refractivity contribution in [2.45, 2.75) is 73.0 Å². The zero-order valence-corrected chi connectivity index (χ0v) is 13.9. The van der Waals surface area contributed by atoms with Crippen molar-refractivity contribution in [2.75, 3.05) is 0 Å². The van der Waals surface area contributed by atoms with Crippen LogP contribution in [0.15, 0.2) is 0 Å². The van der Waals surface area contributed by atoms with E-state index < -0.39 is 5.60 Å². The number of ether oxygens (including phenoxy) is 1. The molecule has 1 fully saturated rings. The van der Waals surface area contributed by atoms with E-state index in [2.05, 4.69) is 27.7 Å². The largest absolute Gasteiger partial charge is 1.00 e. The summed E-state index contributed by atoms with van der Waals surface area (Å²) in [4.78, 5) is 13.8. The second kappa shape index (κ2) is 6.55. The number of carbonyl (C=O) groups is 1. The van der Waals surface area contributed by atoms with E-state index in [1.165, 1.54) is 0 Å². The summed E-state index contributed by atoms with van der Waals surface area (Å²) in [6, 6.07) is 0.220. The van der Waals surface area contributed by atoms with Gasteiger partial charge in [-0.25, -0.2) is 11.3 Å². The van der Waals surface area contributed by atoms with Crippen LogP contribution in [0.3, 0.4) is 0 Å². The Kier molecular flexibility index (Phi) is 6.50. The molecular weight excluding hydrogens is 233 g/mol. The van der Waals surface area contributed by atoms with Gasteiger partial charge in [0.1, 0.15) is 5.60 Å². The third-order valence-corrected chi connectivity index (χ3v) is 3.52. The van der Waals surface area contributed by atoms with Crippen molar-refractivity contribution in [3.63, 3.8) is 0 Å². The van der Waals surface area contributed by atoms with E-state index in [-0.39, 0.29) is 31.0 Å². The van der Waals surface area contributed by atoms with Crippen molar-refractivity contribution < 1.29 is 28.4 Å². The van der Waals surface area contributed by atoms with Crippen LogP contribution in [0.2, 0.25) is 0 Å². The first-order chi connectivity index (χ1) is 8.00. The third kappa shape index (κ3) is 5.79. The first kappa shape index (κ1) is 18.9. The number of amides is 1. The third-order valence-electron chi connectivity index (χ3n) is 3.52. The number of rotatable bonds is 0. The van der Waals surface area contributed by atoms with Gasteiger partial charge in [-0.2, -0.15) is 6.42 Å². The quantitative estimate of drug-likeness (QED) is 0.485. The monoisotopic (exact) mass is 261 g/mol. The maximum Gasteiger partial charge on any atom is 1.00 e. The molecule has 0 unspecified atom stereocenters. The minimum atomic E-state index is -0.425. The topological polar surface area (TPSA) is 29.5 Å². The number of nitrogens with zero attached hydrogens (tertiary/aromatic N) is 1. The average molecular weight is 261 g/mol. The first-order valence-electron chi connectivity index (χ1n) is 6.85. The molecule has 1 heterocycles. The Morgan fingerprint density at radius 3 is 2.11 bits per heavy atom. The molecule has 0 aromatic rings. The molecule has 0 bridgehead atoms. The number of piperidine rings is 1. The van der Waals surface area contributed by atoms with Crippen molar-refractivity contribution in [2.24, 2.45) is 11.3 Å². The van der Waals surface area contributed by atoms with Crippen molar-refractivity contribution in [1.82, 2.24) is 4.90 Å². The Morgan fingerprint density at radius 2 is 1.74 bits per heavy atom. The predicted molar refractivity (Wildman–Crippen MR) is 74.0 cm³/mol. The van der Waals surface area contributed by atoms with E-state index in [1.54, 1.807) is 4.90 Å². The van der Waals surface area contributed by atoms with Crippen LogP contribution in [0.25, 0.3) is 0 Å². The van der Waals surface area contributed by atoms with Gasteiger partial charge in [0.05, 0.1) is 0 Å². The summed E-state index contributed by atoms with van der Waals surface area (Å²) in [6.45, 7) is 16.6. The SMILES string of the molecule is C[C@H]1C[C@@H](C(C)(C)C)C[CH-]N1C(=O)OC(C)(C)C.[Li+]. The van der Waals surface area contributed by atoms with Crippen molar-refractivity contribution in [3.05, 3.63) is 6.54 Å². The van der Waals surface area contributed by atoms with Gasteiger partial charge in [0.2, 0.25) is 0 Å². The second-order valence-corrected chi connectivity index (χ2v) is 7.45. The summed E-state index contributed by atoms with van der Waals surface area (Å²) >= 11 is 0. The van der Waals surface area contributed by atoms with Crippen LogP contribution in [0, 0.1) is 17.9 Å². The van der Waals surface area contributed by atoms with Gasteiger partial charge in [-0.15, -0.1) is 0 Å². The molecule has 0 aliphatic carbocycles. The molecule has 106 valence electrons. The molecule has 0 aromatic carbocycles. The van der Waals surface area contributed by atoms with E-state index in [0.29, 0.717) is 11.3 Å². The zero-order valence-electron chi connectivity index (χ0n) is 13.9. The van der Waals surface area contributed by atoms with Crippen LogP contribution < -0.4 is 18.9 Å². The average Bonchev–Trinajstić information content (AvgIpc) is 2.12. The number of hydrogen-bond acceptors (Lipinski definition) is 2. The summed E-state index contributed by atoms with van der Waals surface area (Å²) in [5, 5.41) is 0. The fourth-order valence-electron chi connectivity index (χ4n) is 2.32. The normalized spacial score (nSPS) is 24.7. The molecule has 1 saturated heterocycles. The molecule has 2 atom stereocenters. The summed E-state index contributed by atoms with van der Waals surface area (Å²) in [6.07, 6.45) is 1.77. The van der Waals surface area contributed by atoms with Gasteiger partial charge in [-0.05, 0) is 39.5 Å². The molecule has 0 radical (unpaired) electrons. The molecule has 3 nitrogen and oxygen atoms in total. The number of hydrogen-bond donors (Lipinski definition) is 0. The van der Waals surface area contributed by atoms with Gasteiger partial charge >= 0.3 is 25.0 Å². The van der Waals surface area contributed by atoms with E-state index in [0.717, 1.165) is 12.8 Å². The minimum Gasteiger partial charge on any atom is -0.455 e. The molecule has 1 rings (SSSR count). The van der Waals surface area contributed by atoms with Crippen LogP contribution in [-0.4, -0.2) is 22.6 Å². The molecule has 0 spiro atoms. The molecule has 19 heavy (non-hydrogen) atoms. The Hall–Kier alpha value is -0.133. The summed E-state index contributed by atoms with van der Waals surface area (Å²) in [5.41, 5.74) is -0.129. The smallest absolute Gasteiger partial charge is 0.455 e. The van der Waals surface area contributed by atoms with Gasteiger partial charge < -0.3 is 9.64 Å². The standard InChI is InChI=1S/C15H28NO2.Li/c1-11-10-12(14(2,3)4)8-9-16(11)13(17)18-15(5,6)7;/h9,11-12H,8,10H2,1-7H3;/q-1;+1/t11-,12-;/m0./s1. The van der Waals surface area contributed by atoms with Crippen LogP contribution >= 0.6 is 0 Å². The van der Waals surface area contributed by atoms with Crippen molar-refractivity contribution in [1.29, 1.82) is 0 Å². The summed E-state index contributed by atoms with van der Waals surface area (Å²) in [5.74, 6) is 0.631. The van der Waals surface area contributed by atoms with Gasteiger partial charge in [0.15, 0.2) is 0 Å². The molecule has 1 aliphatic heterocycles. The Labute approximate surface area is 130 Å². The molecule has 1 amide bonds. The van der Waals surface area contributed by atoms with Gasteiger partial charge in [0.25, 0.3) is 0 Å². The van der Waals surface area contributed by atoms with E-state index in [4.69, 9.17) is 4.74 Å². The van der Waals surface area contributed by atoms with Crippen LogP contribution in [0.5, 0.6) is 0 Å². The fraction of sp³-hybridized carbons (Fsp3) is 0.867. The van der Waals surface area contributed by atoms with Crippen molar-refractivity contribution >= 4 is 6.09 Å².